The first kappa shape index (κ1) is 14.2. The average Bonchev–Trinajstić information content (AvgIpc) is 3.13. The van der Waals surface area contributed by atoms with Crippen LogP contribution >= 0.6 is 22.7 Å². The fourth-order valence-electron chi connectivity index (χ4n) is 2.12. The number of thiophene rings is 1. The van der Waals surface area contributed by atoms with Crippen molar-refractivity contribution >= 4 is 43.9 Å². The molecule has 0 spiro atoms. The number of thiazole rings is 1. The molecule has 0 fully saturated rings. The summed E-state index contributed by atoms with van der Waals surface area (Å²) in [6, 6.07) is 10.3. The Morgan fingerprint density at radius 1 is 1.33 bits per heavy atom. The van der Waals surface area contributed by atoms with Gasteiger partial charge in [-0.2, -0.15) is 0 Å². The van der Waals surface area contributed by atoms with Crippen LogP contribution in [-0.2, 0) is 17.6 Å². The third-order valence-electron chi connectivity index (χ3n) is 3.29. The second-order valence-electron chi connectivity index (χ2n) is 4.80. The number of nitrogens with zero attached hydrogens (tertiary/aromatic N) is 1. The van der Waals surface area contributed by atoms with Crippen LogP contribution in [0.15, 0.2) is 35.7 Å². The molecule has 0 saturated heterocycles. The van der Waals surface area contributed by atoms with Crippen molar-refractivity contribution in [2.75, 3.05) is 5.32 Å². The molecule has 1 N–H and O–H groups in total. The van der Waals surface area contributed by atoms with Crippen LogP contribution in [0.3, 0.4) is 0 Å². The molecule has 108 valence electrons. The van der Waals surface area contributed by atoms with Gasteiger partial charge in [-0.25, -0.2) is 4.98 Å². The van der Waals surface area contributed by atoms with Gasteiger partial charge in [0.05, 0.1) is 10.2 Å². The highest BCUT2D eigenvalue weighted by atomic mass is 32.1. The first-order valence-corrected chi connectivity index (χ1v) is 8.66. The highest BCUT2D eigenvalue weighted by Gasteiger charge is 2.08. The Labute approximate surface area is 131 Å². The van der Waals surface area contributed by atoms with Crippen LogP contribution in [-0.4, -0.2) is 10.9 Å². The SMILES string of the molecule is CCc1ccc2nc(NC(=O)CCc3cccs3)sc2c1. The van der Waals surface area contributed by atoms with E-state index in [1.54, 1.807) is 11.3 Å². The fourth-order valence-corrected chi connectivity index (χ4v) is 3.77. The van der Waals surface area contributed by atoms with Crippen LogP contribution in [0.4, 0.5) is 5.13 Å². The summed E-state index contributed by atoms with van der Waals surface area (Å²) in [6.45, 7) is 2.13. The van der Waals surface area contributed by atoms with Gasteiger partial charge in [0.2, 0.25) is 5.91 Å². The molecule has 0 bridgehead atoms. The minimum absolute atomic E-state index is 0.0261. The van der Waals surface area contributed by atoms with E-state index in [1.807, 2.05) is 17.5 Å². The number of fused-ring (bicyclic) bond motifs is 1. The first-order valence-electron chi connectivity index (χ1n) is 6.96. The van der Waals surface area contributed by atoms with Gasteiger partial charge in [0, 0.05) is 11.3 Å². The maximum atomic E-state index is 12.0. The molecular formula is C16H16N2OS2. The van der Waals surface area contributed by atoms with E-state index in [9.17, 15) is 4.79 Å². The van der Waals surface area contributed by atoms with Crippen LogP contribution < -0.4 is 5.32 Å². The van der Waals surface area contributed by atoms with E-state index in [4.69, 9.17) is 0 Å². The van der Waals surface area contributed by atoms with Crippen LogP contribution in [0.25, 0.3) is 10.2 Å². The number of hydrogen-bond donors (Lipinski definition) is 1. The molecule has 21 heavy (non-hydrogen) atoms. The van der Waals surface area contributed by atoms with Gasteiger partial charge >= 0.3 is 0 Å². The summed E-state index contributed by atoms with van der Waals surface area (Å²) in [5, 5.41) is 5.63. The fraction of sp³-hybridized carbons (Fsp3) is 0.250. The van der Waals surface area contributed by atoms with Gasteiger partial charge in [-0.15, -0.1) is 11.3 Å². The molecule has 3 nitrogen and oxygen atoms in total. The molecule has 0 atom stereocenters. The number of benzene rings is 1. The van der Waals surface area contributed by atoms with Crippen LogP contribution in [0, 0.1) is 0 Å². The highest BCUT2D eigenvalue weighted by Crippen LogP contribution is 2.27. The third-order valence-corrected chi connectivity index (χ3v) is 5.16. The van der Waals surface area contributed by atoms with Crippen molar-refractivity contribution in [1.82, 2.24) is 4.98 Å². The summed E-state index contributed by atoms with van der Waals surface area (Å²) in [7, 11) is 0. The molecule has 2 aromatic heterocycles. The number of aromatic nitrogens is 1. The first-order chi connectivity index (χ1) is 10.2. The Balaban J connectivity index is 1.65. The van der Waals surface area contributed by atoms with Gasteiger partial charge in [0.25, 0.3) is 0 Å². The molecule has 5 heteroatoms. The monoisotopic (exact) mass is 316 g/mol. The van der Waals surface area contributed by atoms with Gasteiger partial charge in [-0.1, -0.05) is 30.4 Å². The molecule has 0 aliphatic heterocycles. The Hall–Kier alpha value is -1.72. The zero-order valence-corrected chi connectivity index (χ0v) is 13.4. The number of carbonyl (C=O) groups excluding carboxylic acids is 1. The number of rotatable bonds is 5. The predicted molar refractivity (Wildman–Crippen MR) is 90.3 cm³/mol. The minimum atomic E-state index is 0.0261. The zero-order chi connectivity index (χ0) is 14.7. The van der Waals surface area contributed by atoms with Crippen molar-refractivity contribution in [2.45, 2.75) is 26.2 Å². The molecule has 0 unspecified atom stereocenters. The van der Waals surface area contributed by atoms with E-state index in [-0.39, 0.29) is 5.91 Å². The highest BCUT2D eigenvalue weighted by molar-refractivity contribution is 7.22. The number of carbonyl (C=O) groups is 1. The number of aryl methyl sites for hydroxylation is 2. The van der Waals surface area contributed by atoms with Crippen LogP contribution in [0.5, 0.6) is 0 Å². The van der Waals surface area contributed by atoms with E-state index < -0.39 is 0 Å². The lowest BCUT2D eigenvalue weighted by Crippen LogP contribution is -2.11. The number of amides is 1. The van der Waals surface area contributed by atoms with Gasteiger partial charge in [0.1, 0.15) is 0 Å². The lowest BCUT2D eigenvalue weighted by molar-refractivity contribution is -0.116. The summed E-state index contributed by atoms with van der Waals surface area (Å²) in [4.78, 5) is 17.7. The maximum Gasteiger partial charge on any atom is 0.226 e. The molecule has 0 aliphatic rings. The van der Waals surface area contributed by atoms with Crippen molar-refractivity contribution < 1.29 is 4.79 Å². The quantitative estimate of drug-likeness (QED) is 0.753. The van der Waals surface area contributed by atoms with Crippen molar-refractivity contribution in [3.63, 3.8) is 0 Å². The topological polar surface area (TPSA) is 42.0 Å². The van der Waals surface area contributed by atoms with Crippen molar-refractivity contribution in [3.8, 4) is 0 Å². The van der Waals surface area contributed by atoms with Crippen LogP contribution in [0.2, 0.25) is 0 Å². The van der Waals surface area contributed by atoms with Gasteiger partial charge in [0.15, 0.2) is 5.13 Å². The summed E-state index contributed by atoms with van der Waals surface area (Å²) in [6.07, 6.45) is 2.29. The molecule has 3 rings (SSSR count). The molecule has 0 saturated carbocycles. The summed E-state index contributed by atoms with van der Waals surface area (Å²) < 4.78 is 1.13. The van der Waals surface area contributed by atoms with Crippen molar-refractivity contribution in [1.29, 1.82) is 0 Å². The minimum Gasteiger partial charge on any atom is -0.302 e. The van der Waals surface area contributed by atoms with Gasteiger partial charge < -0.3 is 5.32 Å². The van der Waals surface area contributed by atoms with Gasteiger partial charge in [-0.05, 0) is 42.0 Å². The molecule has 3 aromatic rings. The molecule has 1 amide bonds. The maximum absolute atomic E-state index is 12.0. The standard InChI is InChI=1S/C16H16N2OS2/c1-2-11-5-7-13-14(10-11)21-16(17-13)18-15(19)8-6-12-4-3-9-20-12/h3-5,7,9-10H,2,6,8H2,1H3,(H,17,18,19). The van der Waals surface area contributed by atoms with Gasteiger partial charge in [-0.3, -0.25) is 4.79 Å². The third kappa shape index (κ3) is 3.49. The van der Waals surface area contributed by atoms with Crippen LogP contribution in [0.1, 0.15) is 23.8 Å². The largest absolute Gasteiger partial charge is 0.302 e. The number of nitrogens with one attached hydrogen (secondary N) is 1. The molecule has 1 aromatic carbocycles. The Kier molecular flexibility index (Phi) is 4.31. The van der Waals surface area contributed by atoms with Crippen molar-refractivity contribution in [2.24, 2.45) is 0 Å². The number of hydrogen-bond acceptors (Lipinski definition) is 4. The van der Waals surface area contributed by atoms with E-state index >= 15 is 0 Å². The second kappa shape index (κ2) is 6.37. The molecule has 2 heterocycles. The second-order valence-corrected chi connectivity index (χ2v) is 6.87. The summed E-state index contributed by atoms with van der Waals surface area (Å²) in [5.41, 5.74) is 2.24. The van der Waals surface area contributed by atoms with E-state index in [2.05, 4.69) is 35.4 Å². The van der Waals surface area contributed by atoms with E-state index in [0.717, 1.165) is 23.1 Å². The summed E-state index contributed by atoms with van der Waals surface area (Å²) in [5.74, 6) is 0.0261. The van der Waals surface area contributed by atoms with Crippen molar-refractivity contribution in [3.05, 3.63) is 46.2 Å². The molecule has 0 radical (unpaired) electrons. The lowest BCUT2D eigenvalue weighted by atomic mass is 10.2. The average molecular weight is 316 g/mol. The smallest absolute Gasteiger partial charge is 0.226 e. The lowest BCUT2D eigenvalue weighted by Gasteiger charge is -1.99. The molecular weight excluding hydrogens is 300 g/mol. The summed E-state index contributed by atoms with van der Waals surface area (Å²) >= 11 is 3.22. The predicted octanol–water partition coefficient (Wildman–Crippen LogP) is 4.49. The Bertz CT molecular complexity index is 747. The molecule has 0 aliphatic carbocycles. The zero-order valence-electron chi connectivity index (χ0n) is 11.8. The number of anilines is 1. The Morgan fingerprint density at radius 2 is 2.24 bits per heavy atom. The Morgan fingerprint density at radius 3 is 3.00 bits per heavy atom. The normalized spacial score (nSPS) is 10.9. The van der Waals surface area contributed by atoms with E-state index in [0.29, 0.717) is 11.6 Å². The van der Waals surface area contributed by atoms with E-state index in [1.165, 1.54) is 21.8 Å².